The fourth-order valence-corrected chi connectivity index (χ4v) is 15.8. The first-order valence-electron chi connectivity index (χ1n) is 32.6. The van der Waals surface area contributed by atoms with Crippen molar-refractivity contribution in [2.24, 2.45) is 7.05 Å². The fraction of sp³-hybridized carbons (Fsp3) is 0.512. The Balaban J connectivity index is 0.000000419. The molecular formula is C84H129IN2OP+3. The van der Waals surface area contributed by atoms with Crippen LogP contribution in [0.3, 0.4) is 0 Å². The second-order valence-electron chi connectivity index (χ2n) is 28.6. The van der Waals surface area contributed by atoms with Gasteiger partial charge in [0.2, 0.25) is 0 Å². The van der Waals surface area contributed by atoms with E-state index in [1.165, 1.54) is 206 Å². The molecule has 0 saturated carbocycles. The van der Waals surface area contributed by atoms with E-state index in [1.54, 1.807) is 7.14 Å². The number of pyridine rings is 1. The molecule has 3 nitrogen and oxygen atoms in total. The number of nitrogens with zero attached hydrogens (tertiary/aromatic N) is 2. The van der Waals surface area contributed by atoms with Crippen LogP contribution in [0.4, 0.5) is 0 Å². The molecule has 0 aliphatic rings. The van der Waals surface area contributed by atoms with E-state index in [-0.39, 0.29) is 21.2 Å². The van der Waals surface area contributed by atoms with Crippen LogP contribution in [-0.2, 0) is 7.05 Å². The molecule has 0 amide bonds. The van der Waals surface area contributed by atoms with Gasteiger partial charge in [-0.1, -0.05) is 0 Å². The molecule has 5 heteroatoms. The zero-order chi connectivity index (χ0) is 69.7. The van der Waals surface area contributed by atoms with Crippen LogP contribution in [0.1, 0.15) is 212 Å². The van der Waals surface area contributed by atoms with Gasteiger partial charge >= 0.3 is 165 Å². The van der Waals surface area contributed by atoms with E-state index in [9.17, 15) is 0 Å². The second kappa shape index (κ2) is 32.3. The van der Waals surface area contributed by atoms with Crippen molar-refractivity contribution in [3.63, 3.8) is 0 Å². The number of hydrogen-bond acceptors (Lipinski definition) is 0. The van der Waals surface area contributed by atoms with E-state index in [1.807, 2.05) is 13.8 Å². The van der Waals surface area contributed by atoms with Gasteiger partial charge in [-0.2, -0.15) is 0 Å². The molecule has 0 spiro atoms. The summed E-state index contributed by atoms with van der Waals surface area (Å²) in [6.07, 6.45) is 0. The van der Waals surface area contributed by atoms with Crippen LogP contribution in [0, 0.1) is 255 Å². The Morgan fingerprint density at radius 1 is 0.258 bits per heavy atom. The Kier molecular flexibility index (Phi) is 29.2. The zero-order valence-corrected chi connectivity index (χ0v) is 68.7. The van der Waals surface area contributed by atoms with Crippen LogP contribution in [0.2, 0.25) is 0 Å². The third-order valence-electron chi connectivity index (χ3n) is 21.5. The van der Waals surface area contributed by atoms with Crippen molar-refractivity contribution in [1.82, 2.24) is 0 Å². The zero-order valence-electron chi connectivity index (χ0n) is 65.6. The monoisotopic (exact) mass is 1340 g/mol. The van der Waals surface area contributed by atoms with Gasteiger partial charge in [0.1, 0.15) is 7.05 Å². The number of halogens is 1. The van der Waals surface area contributed by atoms with Gasteiger partial charge < -0.3 is 4.48 Å². The summed E-state index contributed by atoms with van der Waals surface area (Å²) in [5.74, 6) is 3.50. The van der Waals surface area contributed by atoms with E-state index in [2.05, 4.69) is 288 Å². The van der Waals surface area contributed by atoms with E-state index in [0.717, 1.165) is 16.0 Å². The van der Waals surface area contributed by atoms with Crippen molar-refractivity contribution in [1.29, 1.82) is 0 Å². The van der Waals surface area contributed by atoms with Gasteiger partial charge in [-0.05, 0) is 227 Å². The third kappa shape index (κ3) is 18.0. The van der Waals surface area contributed by atoms with Gasteiger partial charge in [-0.3, -0.25) is 0 Å². The quantitative estimate of drug-likeness (QED) is 0.0319. The molecule has 2 aromatic heterocycles. The average molecular weight is 1340 g/mol. The van der Waals surface area contributed by atoms with Gasteiger partial charge in [0.15, 0.2) is 11.4 Å². The second-order valence-corrected chi connectivity index (χ2v) is 33.9. The third-order valence-corrected chi connectivity index (χ3v) is 25.8. The SMILES string of the molecule is CP(C)C.C[N+](C)(C)C.Cc1[o+]c(C)c(C)c(C)c1C.Cc1c(C)c(C)[n+](C)c(C)c1C.Cc1c(C)c(C)c([C+](c2c(C)c(C)c(C)c(C)c2C)c2c(C)c(C)c(C)c(C)c2C)c(C)c1C.Cc1c(C)c(C)c([I-]c2c(C)c(C)c(C)c(C)c2C)c(C)c1C. The molecule has 0 saturated heterocycles. The molecular weight excluding hydrogens is 1210 g/mol. The first kappa shape index (κ1) is 80.5. The number of aromatic nitrogens is 1. The van der Waals surface area contributed by atoms with Crippen molar-refractivity contribution in [2.45, 2.75) is 242 Å². The van der Waals surface area contributed by atoms with E-state index < -0.39 is 0 Å². The Bertz CT molecular complexity index is 3260. The van der Waals surface area contributed by atoms with Crippen LogP contribution in [0.15, 0.2) is 4.42 Å². The molecule has 0 aliphatic heterocycles. The minimum absolute atomic E-state index is 0.151. The number of hydrogen-bond donors (Lipinski definition) is 0. The molecule has 7 aromatic rings. The number of aryl methyl sites for hydroxylation is 2. The summed E-state index contributed by atoms with van der Waals surface area (Å²) in [5.41, 5.74) is 51.5. The van der Waals surface area contributed by atoms with Gasteiger partial charge in [-0.25, -0.2) is 8.98 Å². The van der Waals surface area contributed by atoms with Gasteiger partial charge in [0, 0.05) is 58.4 Å². The molecule has 490 valence electrons. The predicted octanol–water partition coefficient (Wildman–Crippen LogP) is 19.1. The van der Waals surface area contributed by atoms with Gasteiger partial charge in [0.25, 0.3) is 0 Å². The molecule has 0 radical (unpaired) electrons. The Hall–Kier alpha value is -4.61. The van der Waals surface area contributed by atoms with Crippen molar-refractivity contribution in [3.05, 3.63) is 225 Å². The van der Waals surface area contributed by atoms with Crippen LogP contribution >= 0.6 is 7.92 Å². The number of quaternary nitrogens is 1. The van der Waals surface area contributed by atoms with Gasteiger partial charge in [0.05, 0.1) is 75.8 Å². The first-order valence-corrected chi connectivity index (χ1v) is 37.4. The topological polar surface area (TPSA) is 15.2 Å². The van der Waals surface area contributed by atoms with Crippen LogP contribution in [-0.4, -0.2) is 52.7 Å². The number of rotatable bonds is 5. The van der Waals surface area contributed by atoms with Crippen LogP contribution < -0.4 is 25.8 Å². The van der Waals surface area contributed by atoms with Crippen molar-refractivity contribution < 1.29 is 34.7 Å². The summed E-state index contributed by atoms with van der Waals surface area (Å²) in [6, 6.07) is 0. The summed E-state index contributed by atoms with van der Waals surface area (Å²) in [6.45, 7) is 85.6. The molecule has 0 unspecified atom stereocenters. The van der Waals surface area contributed by atoms with Gasteiger partial charge in [-0.15, -0.1) is 7.92 Å². The maximum absolute atomic E-state index is 5.52. The fourth-order valence-electron chi connectivity index (χ4n) is 12.1. The van der Waals surface area contributed by atoms with Crippen molar-refractivity contribution in [3.8, 4) is 0 Å². The molecule has 0 fully saturated rings. The Morgan fingerprint density at radius 2 is 0.404 bits per heavy atom. The standard InChI is InChI=1S/C34H45.C22H30I.C11H18N.C10H15O.C4H12N.C3H9P/c1-16-19(4)25(10)31(26(11)20(16)5)34(32-27(12)21(6)17(2)22(7)28(32)13)33-29(14)23(8)18(3)24(9)30(33)15;1-11-13(3)17(7)21(18(8)14(11)4)23-22-19(9)15(5)12(2)16(6)20(22)10;1-7-8(2)10(4)12(6)11(5)9(7)3;1-6-7(2)9(4)11-10(5)8(6)3;1-5(2,3)4;1-4(2)3/h1-15H3;1-10H3;1-6H3;1-5H3;1-4H3;1-3H3/q+1;-1;3*+1;. The normalized spacial score (nSPS) is 11.1. The maximum atomic E-state index is 5.52. The summed E-state index contributed by atoms with van der Waals surface area (Å²) >= 11 is -0.151. The van der Waals surface area contributed by atoms with E-state index in [0.29, 0.717) is 7.92 Å². The molecule has 7 rings (SSSR count). The predicted molar refractivity (Wildman–Crippen MR) is 395 cm³/mol. The minimum atomic E-state index is -0.151. The van der Waals surface area contributed by atoms with E-state index >= 15 is 0 Å². The molecule has 0 N–H and O–H groups in total. The molecule has 0 aliphatic carbocycles. The average Bonchev–Trinajstić information content (AvgIpc) is 0.795. The van der Waals surface area contributed by atoms with Crippen LogP contribution in [0.25, 0.3) is 0 Å². The Morgan fingerprint density at radius 3 is 0.596 bits per heavy atom. The molecule has 5 aromatic carbocycles. The number of benzene rings is 5. The molecule has 0 atom stereocenters. The van der Waals surface area contributed by atoms with Crippen LogP contribution in [0.5, 0.6) is 0 Å². The summed E-state index contributed by atoms with van der Waals surface area (Å²) in [4.78, 5) is 0. The molecule has 89 heavy (non-hydrogen) atoms. The van der Waals surface area contributed by atoms with Crippen molar-refractivity contribution in [2.75, 3.05) is 48.2 Å². The molecule has 0 bridgehead atoms. The summed E-state index contributed by atoms with van der Waals surface area (Å²) in [5, 5.41) is 0. The van der Waals surface area contributed by atoms with Crippen molar-refractivity contribution >= 4 is 7.92 Å². The summed E-state index contributed by atoms with van der Waals surface area (Å²) in [7, 11) is 11.0. The molecule has 2 heterocycles. The first-order chi connectivity index (χ1) is 40.5. The van der Waals surface area contributed by atoms with E-state index in [4.69, 9.17) is 4.42 Å². The Labute approximate surface area is 561 Å². The summed E-state index contributed by atoms with van der Waals surface area (Å²) < 4.78 is 12.1.